The van der Waals surface area contributed by atoms with Crippen LogP contribution in [0.2, 0.25) is 0 Å². The van der Waals surface area contributed by atoms with Gasteiger partial charge < -0.3 is 24.8 Å². The Bertz CT molecular complexity index is 1920. The topological polar surface area (TPSA) is 183 Å². The van der Waals surface area contributed by atoms with Gasteiger partial charge in [-0.2, -0.15) is 15.9 Å². The van der Waals surface area contributed by atoms with Crippen molar-refractivity contribution in [2.75, 3.05) is 43.1 Å². The van der Waals surface area contributed by atoms with Crippen LogP contribution >= 0.6 is 10.6 Å². The fraction of sp³-hybridized carbons (Fsp3) is 0.595. The quantitative estimate of drug-likeness (QED) is 0.129. The van der Waals surface area contributed by atoms with Crippen molar-refractivity contribution in [2.24, 2.45) is 5.92 Å². The van der Waals surface area contributed by atoms with Gasteiger partial charge in [0.1, 0.15) is 23.6 Å². The molecule has 13 nitrogen and oxygen atoms in total. The van der Waals surface area contributed by atoms with E-state index in [1.54, 1.807) is 13.0 Å². The van der Waals surface area contributed by atoms with E-state index in [2.05, 4.69) is 21.4 Å². The molecule has 3 saturated heterocycles. The second kappa shape index (κ2) is 16.4. The number of halogens is 3. The van der Waals surface area contributed by atoms with Crippen LogP contribution in [0.25, 0.3) is 11.0 Å². The third kappa shape index (κ3) is 8.32. The lowest BCUT2D eigenvalue weighted by molar-refractivity contribution is -0.0861. The van der Waals surface area contributed by atoms with Crippen molar-refractivity contribution in [1.29, 1.82) is 5.26 Å². The van der Waals surface area contributed by atoms with Gasteiger partial charge in [-0.3, -0.25) is 18.5 Å². The molecule has 54 heavy (non-hydrogen) atoms. The van der Waals surface area contributed by atoms with E-state index in [4.69, 9.17) is 9.47 Å². The van der Waals surface area contributed by atoms with E-state index < -0.39 is 56.9 Å². The molecule has 1 atom stereocenters. The van der Waals surface area contributed by atoms with Crippen molar-refractivity contribution < 1.29 is 41.7 Å². The van der Waals surface area contributed by atoms with Gasteiger partial charge in [0.05, 0.1) is 41.7 Å². The highest BCUT2D eigenvalue weighted by atomic mass is 32.3. The smallest absolute Gasteiger partial charge is 0.407 e. The van der Waals surface area contributed by atoms with Crippen LogP contribution in [0.5, 0.6) is 0 Å². The Hall–Kier alpha value is -3.95. The molecule has 4 N–H and O–H groups in total. The Balaban J connectivity index is 1.29. The van der Waals surface area contributed by atoms with E-state index in [0.29, 0.717) is 25.0 Å². The summed E-state index contributed by atoms with van der Waals surface area (Å²) in [6.45, 7) is 2.92. The van der Waals surface area contributed by atoms with Crippen LogP contribution in [0.15, 0.2) is 35.4 Å². The van der Waals surface area contributed by atoms with Gasteiger partial charge >= 0.3 is 6.09 Å². The number of unbranched alkanes of at least 4 members (excludes halogenated alkanes) is 3. The number of anilines is 1. The minimum Gasteiger partial charge on any atom is -0.465 e. The molecular weight excluding hydrogens is 730 g/mol. The summed E-state index contributed by atoms with van der Waals surface area (Å²) in [5.41, 5.74) is -2.08. The van der Waals surface area contributed by atoms with Crippen LogP contribution in [0.4, 0.5) is 23.8 Å². The van der Waals surface area contributed by atoms with Crippen molar-refractivity contribution in [2.45, 2.75) is 94.9 Å². The number of nitriles is 1. The Kier molecular flexibility index (Phi) is 12.1. The lowest BCUT2D eigenvalue weighted by Crippen LogP contribution is -2.42. The SMILES string of the molecule is CC(Nc1ncnc2c1cc(C1(C#N)CCS(O)(O)CC1)c(=O)n2CCCCCCC1OCCO1)c1cccc(C(F)(F)C2CCN(C(=O)O)CC2)c1F. The zero-order chi connectivity index (χ0) is 38.7. The number of aromatic nitrogens is 3. The molecule has 6 rings (SSSR count). The van der Waals surface area contributed by atoms with Gasteiger partial charge in [0.2, 0.25) is 0 Å². The van der Waals surface area contributed by atoms with Gasteiger partial charge in [-0.25, -0.2) is 27.9 Å². The molecular formula is C37H47F3N6O7S. The van der Waals surface area contributed by atoms with E-state index in [1.807, 2.05) is 0 Å². The largest absolute Gasteiger partial charge is 0.465 e. The second-order valence-electron chi connectivity index (χ2n) is 14.5. The molecule has 0 saturated carbocycles. The molecule has 3 aliphatic rings. The summed E-state index contributed by atoms with van der Waals surface area (Å²) in [7, 11) is -2.88. The minimum atomic E-state index is -3.55. The highest BCUT2D eigenvalue weighted by Gasteiger charge is 2.46. The number of alkyl halides is 2. The van der Waals surface area contributed by atoms with E-state index in [1.165, 1.54) is 23.0 Å². The Labute approximate surface area is 312 Å². The van der Waals surface area contributed by atoms with Crippen molar-refractivity contribution in [1.82, 2.24) is 19.4 Å². The number of likely N-dealkylation sites (tertiary alicyclic amines) is 1. The Morgan fingerprint density at radius 1 is 1.13 bits per heavy atom. The number of hydrogen-bond donors (Lipinski definition) is 4. The number of carbonyl (C=O) groups is 1. The van der Waals surface area contributed by atoms with Crippen LogP contribution < -0.4 is 10.9 Å². The molecule has 294 valence electrons. The zero-order valence-electron chi connectivity index (χ0n) is 30.2. The van der Waals surface area contributed by atoms with Gasteiger partial charge in [0.25, 0.3) is 11.5 Å². The second-order valence-corrected chi connectivity index (χ2v) is 16.9. The van der Waals surface area contributed by atoms with Crippen LogP contribution in [-0.4, -0.2) is 83.8 Å². The van der Waals surface area contributed by atoms with Gasteiger partial charge in [-0.15, -0.1) is 0 Å². The maximum Gasteiger partial charge on any atom is 0.407 e. The average Bonchev–Trinajstić information content (AvgIpc) is 3.68. The molecule has 0 aliphatic carbocycles. The highest BCUT2D eigenvalue weighted by molar-refractivity contribution is 8.24. The number of nitrogens with zero attached hydrogens (tertiary/aromatic N) is 5. The lowest BCUT2D eigenvalue weighted by atomic mass is 9.77. The first-order valence-corrected chi connectivity index (χ1v) is 20.3. The summed E-state index contributed by atoms with van der Waals surface area (Å²) < 4.78 is 81.0. The zero-order valence-corrected chi connectivity index (χ0v) is 31.0. The summed E-state index contributed by atoms with van der Waals surface area (Å²) >= 11 is 0. The van der Waals surface area contributed by atoms with E-state index >= 15 is 13.2 Å². The first-order chi connectivity index (χ1) is 25.8. The number of ether oxygens (including phenoxy) is 2. The molecule has 0 radical (unpaired) electrons. The Morgan fingerprint density at radius 2 is 1.81 bits per heavy atom. The molecule has 0 spiro atoms. The molecule has 5 heterocycles. The maximum atomic E-state index is 16.1. The highest BCUT2D eigenvalue weighted by Crippen LogP contribution is 2.51. The van der Waals surface area contributed by atoms with Crippen molar-refractivity contribution in [3.05, 3.63) is 63.5 Å². The van der Waals surface area contributed by atoms with Gasteiger partial charge in [0, 0.05) is 48.2 Å². The third-order valence-corrected chi connectivity index (χ3v) is 12.8. The number of hydrogen-bond acceptors (Lipinski definition) is 10. The summed E-state index contributed by atoms with van der Waals surface area (Å²) in [6, 6.07) is 6.78. The number of aryl methyl sites for hydroxylation is 1. The fourth-order valence-electron chi connectivity index (χ4n) is 7.78. The molecule has 3 aliphatic heterocycles. The molecule has 1 amide bonds. The van der Waals surface area contributed by atoms with Crippen molar-refractivity contribution in [3.63, 3.8) is 0 Å². The predicted molar refractivity (Wildman–Crippen MR) is 196 cm³/mol. The van der Waals surface area contributed by atoms with Crippen molar-refractivity contribution >= 4 is 33.5 Å². The normalized spacial score (nSPS) is 20.4. The lowest BCUT2D eigenvalue weighted by Gasteiger charge is -2.42. The summed E-state index contributed by atoms with van der Waals surface area (Å²) in [4.78, 5) is 35.5. The number of nitrogens with one attached hydrogen (secondary N) is 1. The number of carboxylic acid groups (broad SMARTS) is 1. The monoisotopic (exact) mass is 776 g/mol. The van der Waals surface area contributed by atoms with E-state index in [-0.39, 0.29) is 85.7 Å². The molecule has 3 fully saturated rings. The number of amides is 1. The summed E-state index contributed by atoms with van der Waals surface area (Å²) in [6.07, 6.45) is 3.74. The molecule has 3 aromatic rings. The number of pyridine rings is 1. The molecule has 1 aromatic carbocycles. The van der Waals surface area contributed by atoms with Crippen LogP contribution in [0, 0.1) is 23.1 Å². The van der Waals surface area contributed by atoms with Crippen LogP contribution in [-0.2, 0) is 27.4 Å². The van der Waals surface area contributed by atoms with Gasteiger partial charge in [-0.05, 0) is 57.9 Å². The van der Waals surface area contributed by atoms with Gasteiger partial charge in [0.15, 0.2) is 6.29 Å². The number of rotatable bonds is 13. The molecule has 17 heteroatoms. The number of piperidine rings is 1. The van der Waals surface area contributed by atoms with E-state index in [0.717, 1.165) is 36.6 Å². The Morgan fingerprint density at radius 3 is 2.48 bits per heavy atom. The third-order valence-electron chi connectivity index (χ3n) is 11.1. The first kappa shape index (κ1) is 39.7. The fourth-order valence-corrected chi connectivity index (χ4v) is 9.33. The van der Waals surface area contributed by atoms with E-state index in [9.17, 15) is 29.1 Å². The van der Waals surface area contributed by atoms with Gasteiger partial charge in [-0.1, -0.05) is 31.0 Å². The standard InChI is InChI=1S/C37H47F3N6O7S/c1-24(26-7-6-8-28(31(26)38)37(39,40)25-10-15-45(16-11-25)35(48)49)44-32-27-21-29(36(22-41)12-19-54(50,51)20-13-36)34(47)46(33(27)43-23-42-32)14-5-3-2-4-9-30-52-17-18-53-30/h6-8,21,23-25,30,50-51H,2-5,9-20H2,1H3,(H,48,49)(H,42,43,44). The minimum absolute atomic E-state index is 0.0290. The molecule has 0 bridgehead atoms. The molecule has 1 unspecified atom stereocenters. The molecule has 2 aromatic heterocycles. The van der Waals surface area contributed by atoms with Crippen LogP contribution in [0.1, 0.15) is 87.4 Å². The maximum absolute atomic E-state index is 16.1. The summed E-state index contributed by atoms with van der Waals surface area (Å²) in [5, 5.41) is 23.2. The summed E-state index contributed by atoms with van der Waals surface area (Å²) in [5.74, 6) is -5.74. The first-order valence-electron chi connectivity index (χ1n) is 18.4. The average molecular weight is 777 g/mol. The number of benzene rings is 1. The van der Waals surface area contributed by atoms with Crippen molar-refractivity contribution in [3.8, 4) is 6.07 Å². The number of fused-ring (bicyclic) bond motifs is 1. The van der Waals surface area contributed by atoms with Crippen LogP contribution in [0.3, 0.4) is 0 Å². The predicted octanol–water partition coefficient (Wildman–Crippen LogP) is 7.21.